The average molecular weight is 1020 g/mol. The van der Waals surface area contributed by atoms with E-state index in [4.69, 9.17) is 0 Å². The second-order valence-corrected chi connectivity index (χ2v) is 23.6. The molecule has 0 unspecified atom stereocenters. The lowest BCUT2D eigenvalue weighted by Crippen LogP contribution is -2.16. The molecule has 0 saturated heterocycles. The Kier molecular flexibility index (Phi) is 69.9. The normalized spacial score (nSPS) is 12.2. The van der Waals surface area contributed by atoms with Gasteiger partial charge in [-0.15, -0.1) is 0 Å². The summed E-state index contributed by atoms with van der Waals surface area (Å²) in [6.45, 7) is 7.09. The van der Waals surface area contributed by atoms with Crippen molar-refractivity contribution in [2.24, 2.45) is 0 Å². The number of allylic oxidation sites excluding steroid dienone is 8. The van der Waals surface area contributed by atoms with Crippen LogP contribution in [0.25, 0.3) is 0 Å². The van der Waals surface area contributed by atoms with Gasteiger partial charge in [-0.25, -0.2) is 0 Å². The van der Waals surface area contributed by atoms with Gasteiger partial charge in [-0.2, -0.15) is 0 Å². The third kappa shape index (κ3) is 70.9. The van der Waals surface area contributed by atoms with Crippen LogP contribution in [0.2, 0.25) is 0 Å². The Morgan fingerprint density at radius 1 is 0.164 bits per heavy atom. The minimum atomic E-state index is 1.13. The predicted octanol–water partition coefficient (Wildman–Crippen LogP) is 26.2. The van der Waals surface area contributed by atoms with E-state index in [9.17, 15) is 0 Å². The van der Waals surface area contributed by atoms with Gasteiger partial charge >= 0.3 is 0 Å². The van der Waals surface area contributed by atoms with Gasteiger partial charge in [0.1, 0.15) is 0 Å². The van der Waals surface area contributed by atoms with E-state index in [0.29, 0.717) is 0 Å². The summed E-state index contributed by atoms with van der Waals surface area (Å²) >= 11 is 0. The summed E-state index contributed by atoms with van der Waals surface area (Å²) < 4.78 is 0. The molecule has 0 amide bonds. The molecule has 0 bridgehead atoms. The fourth-order valence-corrected chi connectivity index (χ4v) is 11.0. The van der Waals surface area contributed by atoms with Gasteiger partial charge in [0.15, 0.2) is 0 Å². The summed E-state index contributed by atoms with van der Waals surface area (Å²) in [7, 11) is 0. The molecule has 0 radical (unpaired) electrons. The van der Waals surface area contributed by atoms with E-state index < -0.39 is 0 Å². The second kappa shape index (κ2) is 70.9. The molecule has 0 aromatic heterocycles. The Morgan fingerprint density at radius 3 is 0.493 bits per heavy atom. The topological polar surface area (TPSA) is 12.0 Å². The van der Waals surface area contributed by atoms with Crippen LogP contribution in [-0.2, 0) is 0 Å². The van der Waals surface area contributed by atoms with Crippen LogP contribution in [-0.4, -0.2) is 13.1 Å². The summed E-state index contributed by atoms with van der Waals surface area (Å²) in [5, 5.41) is 3.72. The molecule has 0 atom stereocenters. The maximum atomic E-state index is 3.72. The number of unbranched alkanes of at least 4 members (excludes halogenated alkanes) is 54. The molecule has 0 rings (SSSR count). The molecule has 0 fully saturated rings. The molecule has 0 heterocycles. The van der Waals surface area contributed by atoms with E-state index in [1.807, 2.05) is 0 Å². The number of hydrogen-bond acceptors (Lipinski definition) is 1. The molecule has 0 aliphatic carbocycles. The molecule has 1 N–H and O–H groups in total. The molecule has 0 aromatic rings. The van der Waals surface area contributed by atoms with Gasteiger partial charge in [-0.3, -0.25) is 0 Å². The fraction of sp³-hybridized carbons (Fsp3) is 0.889. The minimum absolute atomic E-state index is 1.13. The van der Waals surface area contributed by atoms with Crippen molar-refractivity contribution < 1.29 is 0 Å². The quantitative estimate of drug-likeness (QED) is 0.0473. The van der Waals surface area contributed by atoms with Crippen LogP contribution in [0.15, 0.2) is 48.6 Å². The van der Waals surface area contributed by atoms with Crippen LogP contribution in [0, 0.1) is 0 Å². The molecule has 432 valence electrons. The molecule has 1 nitrogen and oxygen atoms in total. The van der Waals surface area contributed by atoms with E-state index in [2.05, 4.69) is 67.8 Å². The first-order valence-corrected chi connectivity index (χ1v) is 34.7. The van der Waals surface area contributed by atoms with Crippen molar-refractivity contribution in [3.63, 3.8) is 0 Å². The average Bonchev–Trinajstić information content (AvgIpc) is 3.40. The highest BCUT2D eigenvalue weighted by Crippen LogP contribution is 2.18. The van der Waals surface area contributed by atoms with E-state index in [1.54, 1.807) is 0 Å². The molecule has 1 heteroatoms. The predicted molar refractivity (Wildman–Crippen MR) is 338 cm³/mol. The lowest BCUT2D eigenvalue weighted by molar-refractivity contribution is 0.516. The molecule has 0 saturated carbocycles. The van der Waals surface area contributed by atoms with Crippen LogP contribution in [0.1, 0.15) is 399 Å². The molecular weight excluding hydrogens is 879 g/mol. The van der Waals surface area contributed by atoms with Crippen LogP contribution in [0.5, 0.6) is 0 Å². The molecule has 0 aromatic carbocycles. The van der Waals surface area contributed by atoms with E-state index in [1.165, 1.54) is 385 Å². The number of hydrogen-bond donors (Lipinski definition) is 1. The Labute approximate surface area is 463 Å². The Hall–Kier alpha value is -1.08. The fourth-order valence-electron chi connectivity index (χ4n) is 11.0. The second-order valence-electron chi connectivity index (χ2n) is 23.6. The van der Waals surface area contributed by atoms with Crippen molar-refractivity contribution in [1.82, 2.24) is 5.32 Å². The Bertz CT molecular complexity index is 1050. The van der Waals surface area contributed by atoms with Gasteiger partial charge in [0, 0.05) is 0 Å². The van der Waals surface area contributed by atoms with E-state index in [0.717, 1.165) is 12.8 Å². The van der Waals surface area contributed by atoms with Crippen molar-refractivity contribution in [2.45, 2.75) is 399 Å². The van der Waals surface area contributed by atoms with E-state index in [-0.39, 0.29) is 0 Å². The van der Waals surface area contributed by atoms with Crippen molar-refractivity contribution in [3.8, 4) is 0 Å². The zero-order valence-corrected chi connectivity index (χ0v) is 51.0. The van der Waals surface area contributed by atoms with Crippen molar-refractivity contribution in [1.29, 1.82) is 0 Å². The van der Waals surface area contributed by atoms with E-state index >= 15 is 0 Å². The maximum absolute atomic E-state index is 3.72. The third-order valence-corrected chi connectivity index (χ3v) is 16.1. The highest BCUT2D eigenvalue weighted by molar-refractivity contribution is 4.93. The SMILES string of the molecule is CCCCCCCCCCC/C=C/C/C=C/CCCCCCCCCCCCCCCCCCCCNCCCCCCCCCCCC=CCC=CCCCCCCCCCCCCCCCCCCCC. The third-order valence-electron chi connectivity index (χ3n) is 16.1. The zero-order valence-electron chi connectivity index (χ0n) is 51.0. The first-order valence-electron chi connectivity index (χ1n) is 34.7. The Balaban J connectivity index is 3.16. The molecular formula is C72H139N. The monoisotopic (exact) mass is 1020 g/mol. The first kappa shape index (κ1) is 71.9. The number of rotatable bonds is 66. The summed E-state index contributed by atoms with van der Waals surface area (Å²) in [5.74, 6) is 0. The lowest BCUT2D eigenvalue weighted by atomic mass is 10.0. The van der Waals surface area contributed by atoms with Gasteiger partial charge in [-0.1, -0.05) is 371 Å². The standard InChI is InChI=1S/C72H139N/c1-3-5-7-9-11-13-15-17-19-21-23-25-27-29-31-33-35-37-39-41-43-45-47-49-51-53-55-57-59-61-63-65-67-69-71-73-72-70-68-66-64-62-60-58-56-54-52-50-48-46-44-42-40-38-36-34-32-30-28-26-24-22-20-18-16-14-12-10-8-6-4-2/h23,25,29,31,42,44,48,50,73H,3-22,24,26-28,30,32-41,43,45-47,49,51-72H2,1-2H3/b25-23+,31-29+,44-42?,50-48?. The van der Waals surface area contributed by atoms with Gasteiger partial charge < -0.3 is 5.32 Å². The molecule has 73 heavy (non-hydrogen) atoms. The molecule has 0 aliphatic rings. The highest BCUT2D eigenvalue weighted by atomic mass is 14.8. The summed E-state index contributed by atoms with van der Waals surface area (Å²) in [5.41, 5.74) is 0. The van der Waals surface area contributed by atoms with Gasteiger partial charge in [0.25, 0.3) is 0 Å². The van der Waals surface area contributed by atoms with Gasteiger partial charge in [0.05, 0.1) is 0 Å². The maximum Gasteiger partial charge on any atom is -0.00489 e. The van der Waals surface area contributed by atoms with Gasteiger partial charge in [-0.05, 0) is 90.1 Å². The summed E-state index contributed by atoms with van der Waals surface area (Å²) in [6, 6.07) is 0. The van der Waals surface area contributed by atoms with Crippen molar-refractivity contribution >= 4 is 0 Å². The number of nitrogens with one attached hydrogen (secondary N) is 1. The van der Waals surface area contributed by atoms with Crippen LogP contribution >= 0.6 is 0 Å². The van der Waals surface area contributed by atoms with Crippen LogP contribution < -0.4 is 5.32 Å². The van der Waals surface area contributed by atoms with Crippen molar-refractivity contribution in [2.75, 3.05) is 13.1 Å². The lowest BCUT2D eigenvalue weighted by Gasteiger charge is -2.06. The highest BCUT2D eigenvalue weighted by Gasteiger charge is 1.99. The molecule has 0 spiro atoms. The van der Waals surface area contributed by atoms with Crippen LogP contribution in [0.3, 0.4) is 0 Å². The van der Waals surface area contributed by atoms with Crippen LogP contribution in [0.4, 0.5) is 0 Å². The Morgan fingerprint density at radius 2 is 0.315 bits per heavy atom. The van der Waals surface area contributed by atoms with Crippen molar-refractivity contribution in [3.05, 3.63) is 48.6 Å². The largest absolute Gasteiger partial charge is 0.317 e. The summed E-state index contributed by atoms with van der Waals surface area (Å²) in [6.07, 6.45) is 105. The first-order chi connectivity index (χ1) is 36.4. The minimum Gasteiger partial charge on any atom is -0.317 e. The van der Waals surface area contributed by atoms with Gasteiger partial charge in [0.2, 0.25) is 0 Å². The smallest absolute Gasteiger partial charge is 0.00489 e. The molecule has 0 aliphatic heterocycles. The summed E-state index contributed by atoms with van der Waals surface area (Å²) in [4.78, 5) is 0. The zero-order chi connectivity index (χ0) is 52.2.